The van der Waals surface area contributed by atoms with E-state index in [-0.39, 0.29) is 66.9 Å². The predicted molar refractivity (Wildman–Crippen MR) is 75.0 cm³/mol. The molecule has 0 N–H and O–H groups in total. The van der Waals surface area contributed by atoms with E-state index in [1.54, 1.807) is 0 Å². The van der Waals surface area contributed by atoms with Gasteiger partial charge < -0.3 is 37.2 Å². The Bertz CT molecular complexity index is 330. The second kappa shape index (κ2) is 19.6. The molecular formula is C15H19Cl3PTi-2. The van der Waals surface area contributed by atoms with E-state index >= 15 is 0 Å². The molecule has 0 heterocycles. The maximum Gasteiger partial charge on any atom is 3.00 e. The number of allylic oxidation sites excluding steroid dienone is 4. The molecule has 0 aliphatic heterocycles. The van der Waals surface area contributed by atoms with Crippen molar-refractivity contribution in [3.05, 3.63) is 66.6 Å². The first kappa shape index (κ1) is 28.7. The fourth-order valence-corrected chi connectivity index (χ4v) is 1.79. The van der Waals surface area contributed by atoms with Crippen LogP contribution in [0, 0.1) is 12.5 Å². The molecule has 0 saturated carbocycles. The average Bonchev–Trinajstić information content (AvgIpc) is 2.86. The van der Waals surface area contributed by atoms with Gasteiger partial charge in [0.25, 0.3) is 0 Å². The van der Waals surface area contributed by atoms with E-state index in [9.17, 15) is 0 Å². The Morgan fingerprint density at radius 1 is 1.10 bits per heavy atom. The minimum atomic E-state index is 0. The number of rotatable bonds is 3. The summed E-state index contributed by atoms with van der Waals surface area (Å²) in [4.78, 5) is 0. The summed E-state index contributed by atoms with van der Waals surface area (Å²) in [5.74, 6) is 0. The van der Waals surface area contributed by atoms with Gasteiger partial charge in [-0.25, -0.2) is 12.2 Å². The van der Waals surface area contributed by atoms with Gasteiger partial charge in [-0.1, -0.05) is 12.2 Å². The summed E-state index contributed by atoms with van der Waals surface area (Å²) in [6.07, 6.45) is 13.5. The second-order valence-corrected chi connectivity index (χ2v) is 6.40. The second-order valence-electron chi connectivity index (χ2n) is 3.88. The van der Waals surface area contributed by atoms with Gasteiger partial charge in [0.05, 0.1) is 0 Å². The Kier molecular flexibility index (Phi) is 28.1. The Balaban J connectivity index is -0.000000124. The number of benzene rings is 1. The van der Waals surface area contributed by atoms with Crippen LogP contribution in [0.25, 0.3) is 0 Å². The molecule has 2 rings (SSSR count). The zero-order valence-corrected chi connectivity index (χ0v) is 16.4. The van der Waals surface area contributed by atoms with Crippen molar-refractivity contribution in [2.24, 2.45) is 0 Å². The van der Waals surface area contributed by atoms with Gasteiger partial charge in [0.2, 0.25) is 0 Å². The number of halogens is 3. The van der Waals surface area contributed by atoms with Crippen molar-refractivity contribution < 1.29 is 58.9 Å². The molecule has 5 heteroatoms. The third kappa shape index (κ3) is 16.6. The SMILES string of the molecule is CP(C)C[CH-]c1ccccc1.[C-]1=CC=CC1.[Cl-].[Cl-].[Cl-].[Ti+3]. The summed E-state index contributed by atoms with van der Waals surface area (Å²) in [6.45, 7) is 4.60. The Hall–Kier alpha value is 0.584. The van der Waals surface area contributed by atoms with Gasteiger partial charge in [-0.2, -0.15) is 30.2 Å². The molecule has 0 nitrogen and oxygen atoms in total. The third-order valence-electron chi connectivity index (χ3n) is 2.08. The normalized spacial score (nSPS) is 9.95. The van der Waals surface area contributed by atoms with Crippen LogP contribution >= 0.6 is 7.92 Å². The number of hydrogen-bond acceptors (Lipinski definition) is 0. The third-order valence-corrected chi connectivity index (χ3v) is 2.99. The van der Waals surface area contributed by atoms with Crippen molar-refractivity contribution in [3.8, 4) is 0 Å². The van der Waals surface area contributed by atoms with Crippen LogP contribution in [0.3, 0.4) is 0 Å². The Labute approximate surface area is 158 Å². The molecule has 111 valence electrons. The molecule has 0 spiro atoms. The van der Waals surface area contributed by atoms with E-state index in [0.717, 1.165) is 6.42 Å². The van der Waals surface area contributed by atoms with Gasteiger partial charge in [-0.05, 0) is 13.3 Å². The van der Waals surface area contributed by atoms with Gasteiger partial charge in [0.1, 0.15) is 0 Å². The standard InChI is InChI=1S/C10H14P.C5H5.3ClH.Ti/c1-11(2)9-8-10-6-4-3-5-7-10;1-2-4-5-3-1;;;;/h3-8H,9H2,1-2H3;1-3H,4H2;3*1H;/q2*-1;;;;+3/p-3. The van der Waals surface area contributed by atoms with E-state index in [0.29, 0.717) is 0 Å². The molecule has 0 unspecified atom stereocenters. The average molecular weight is 385 g/mol. The molecule has 1 aliphatic carbocycles. The topological polar surface area (TPSA) is 0 Å². The van der Waals surface area contributed by atoms with Gasteiger partial charge in [0.15, 0.2) is 0 Å². The summed E-state index contributed by atoms with van der Waals surface area (Å²) in [5, 5.41) is 0. The van der Waals surface area contributed by atoms with Crippen molar-refractivity contribution in [2.45, 2.75) is 6.42 Å². The van der Waals surface area contributed by atoms with Crippen LogP contribution in [0.5, 0.6) is 0 Å². The summed E-state index contributed by atoms with van der Waals surface area (Å²) in [6, 6.07) is 10.5. The van der Waals surface area contributed by atoms with Crippen LogP contribution in [0.4, 0.5) is 0 Å². The summed E-state index contributed by atoms with van der Waals surface area (Å²) in [5.41, 5.74) is 1.35. The largest absolute Gasteiger partial charge is 3.00 e. The first-order chi connectivity index (χ1) is 7.79. The van der Waals surface area contributed by atoms with Crippen LogP contribution in [-0.2, 0) is 21.7 Å². The van der Waals surface area contributed by atoms with E-state index in [1.165, 1.54) is 11.7 Å². The zero-order valence-electron chi connectivity index (χ0n) is 11.7. The smallest absolute Gasteiger partial charge is 1.00 e. The fourth-order valence-electron chi connectivity index (χ4n) is 1.22. The summed E-state index contributed by atoms with van der Waals surface area (Å²) in [7, 11) is 0.220. The van der Waals surface area contributed by atoms with Crippen LogP contribution in [0.15, 0.2) is 48.6 Å². The minimum absolute atomic E-state index is 0. The van der Waals surface area contributed by atoms with Crippen molar-refractivity contribution in [1.29, 1.82) is 0 Å². The molecule has 1 radical (unpaired) electrons. The molecule has 20 heavy (non-hydrogen) atoms. The molecule has 0 fully saturated rings. The molecule has 0 atom stereocenters. The minimum Gasteiger partial charge on any atom is -1.00 e. The maximum absolute atomic E-state index is 2.99. The Morgan fingerprint density at radius 3 is 2.05 bits per heavy atom. The van der Waals surface area contributed by atoms with E-state index < -0.39 is 0 Å². The maximum atomic E-state index is 2.99. The van der Waals surface area contributed by atoms with Gasteiger partial charge >= 0.3 is 21.7 Å². The van der Waals surface area contributed by atoms with Crippen molar-refractivity contribution in [2.75, 3.05) is 19.5 Å². The van der Waals surface area contributed by atoms with Gasteiger partial charge in [-0.3, -0.25) is 6.08 Å². The molecular weight excluding hydrogens is 365 g/mol. The van der Waals surface area contributed by atoms with Gasteiger partial charge in [-0.15, -0.1) is 26.5 Å². The van der Waals surface area contributed by atoms with Crippen molar-refractivity contribution in [3.63, 3.8) is 0 Å². The van der Waals surface area contributed by atoms with Crippen molar-refractivity contribution >= 4 is 7.92 Å². The molecule has 0 bridgehead atoms. The van der Waals surface area contributed by atoms with E-state index in [4.69, 9.17) is 0 Å². The quantitative estimate of drug-likeness (QED) is 0.279. The first-order valence-corrected chi connectivity index (χ1v) is 7.96. The van der Waals surface area contributed by atoms with Crippen LogP contribution in [-0.4, -0.2) is 19.5 Å². The molecule has 0 amide bonds. The summed E-state index contributed by atoms with van der Waals surface area (Å²) >= 11 is 0. The Morgan fingerprint density at radius 2 is 1.70 bits per heavy atom. The monoisotopic (exact) mass is 383 g/mol. The molecule has 1 aromatic carbocycles. The van der Waals surface area contributed by atoms with E-state index in [1.807, 2.05) is 12.2 Å². The van der Waals surface area contributed by atoms with Crippen LogP contribution in [0.1, 0.15) is 12.0 Å². The van der Waals surface area contributed by atoms with Gasteiger partial charge in [0, 0.05) is 0 Å². The summed E-state index contributed by atoms with van der Waals surface area (Å²) < 4.78 is 0. The molecule has 1 aliphatic rings. The molecule has 0 saturated heterocycles. The van der Waals surface area contributed by atoms with Crippen molar-refractivity contribution in [1.82, 2.24) is 0 Å². The fraction of sp³-hybridized carbons (Fsp3) is 0.267. The number of hydrogen-bond donors (Lipinski definition) is 0. The zero-order chi connectivity index (χ0) is 11.6. The van der Waals surface area contributed by atoms with Crippen LogP contribution < -0.4 is 37.2 Å². The predicted octanol–water partition coefficient (Wildman–Crippen LogP) is -4.70. The molecule has 1 aromatic rings. The van der Waals surface area contributed by atoms with Crippen LogP contribution in [0.2, 0.25) is 0 Å². The first-order valence-electron chi connectivity index (χ1n) is 5.54. The van der Waals surface area contributed by atoms with E-state index in [2.05, 4.69) is 62.2 Å². The molecule has 0 aromatic heterocycles.